The fraction of sp³-hybridized carbons (Fsp3) is 0.0625. The quantitative estimate of drug-likeness (QED) is 0.774. The highest BCUT2D eigenvalue weighted by atomic mass is 35.5. The lowest BCUT2D eigenvalue weighted by Crippen LogP contribution is -1.94. The molecule has 3 aromatic rings. The first-order valence-electron chi connectivity index (χ1n) is 6.12. The number of methoxy groups -OCH3 is 1. The molecule has 0 fully saturated rings. The second kappa shape index (κ2) is 6.26. The SMILES string of the molecule is COc1cccc(Nc2ccc3ccccc3n2)c1.Cl. The molecular weight excluding hydrogens is 272 g/mol. The van der Waals surface area contributed by atoms with E-state index in [1.165, 1.54) is 0 Å². The number of pyridine rings is 1. The van der Waals surface area contributed by atoms with Crippen LogP contribution in [0.2, 0.25) is 0 Å². The third-order valence-electron chi connectivity index (χ3n) is 2.94. The van der Waals surface area contributed by atoms with E-state index in [0.717, 1.165) is 28.2 Å². The Hall–Kier alpha value is -2.26. The maximum Gasteiger partial charge on any atom is 0.131 e. The molecule has 1 heterocycles. The van der Waals surface area contributed by atoms with Gasteiger partial charge in [-0.2, -0.15) is 0 Å². The van der Waals surface area contributed by atoms with E-state index in [-0.39, 0.29) is 12.4 Å². The molecule has 0 aliphatic heterocycles. The van der Waals surface area contributed by atoms with Gasteiger partial charge >= 0.3 is 0 Å². The van der Waals surface area contributed by atoms with Crippen LogP contribution in [0.5, 0.6) is 5.75 Å². The Morgan fingerprint density at radius 2 is 1.80 bits per heavy atom. The van der Waals surface area contributed by atoms with Crippen LogP contribution in [-0.4, -0.2) is 12.1 Å². The molecule has 0 aliphatic carbocycles. The molecule has 0 saturated carbocycles. The third kappa shape index (κ3) is 3.00. The Labute approximate surface area is 124 Å². The standard InChI is InChI=1S/C16H14N2O.ClH/c1-19-14-7-4-6-13(11-14)17-16-10-9-12-5-2-3-8-15(12)18-16;/h2-11H,1H3,(H,17,18);1H. The summed E-state index contributed by atoms with van der Waals surface area (Å²) in [5.41, 5.74) is 1.94. The van der Waals surface area contributed by atoms with E-state index in [4.69, 9.17) is 4.74 Å². The summed E-state index contributed by atoms with van der Waals surface area (Å²) in [6.45, 7) is 0. The number of hydrogen-bond donors (Lipinski definition) is 1. The van der Waals surface area contributed by atoms with Gasteiger partial charge in [0.05, 0.1) is 12.6 Å². The van der Waals surface area contributed by atoms with Crippen LogP contribution >= 0.6 is 12.4 Å². The lowest BCUT2D eigenvalue weighted by Gasteiger charge is -2.08. The molecule has 102 valence electrons. The fourth-order valence-electron chi connectivity index (χ4n) is 1.98. The van der Waals surface area contributed by atoms with Gasteiger partial charge in [0.2, 0.25) is 0 Å². The van der Waals surface area contributed by atoms with Crippen molar-refractivity contribution < 1.29 is 4.74 Å². The van der Waals surface area contributed by atoms with E-state index in [1.54, 1.807) is 7.11 Å². The molecule has 20 heavy (non-hydrogen) atoms. The average Bonchev–Trinajstić information content (AvgIpc) is 2.47. The minimum absolute atomic E-state index is 0. The van der Waals surface area contributed by atoms with Gasteiger partial charge in [-0.05, 0) is 30.3 Å². The number of ether oxygens (including phenoxy) is 1. The number of fused-ring (bicyclic) bond motifs is 1. The van der Waals surface area contributed by atoms with Crippen LogP contribution in [0.3, 0.4) is 0 Å². The van der Waals surface area contributed by atoms with E-state index < -0.39 is 0 Å². The smallest absolute Gasteiger partial charge is 0.131 e. The summed E-state index contributed by atoms with van der Waals surface area (Å²) >= 11 is 0. The van der Waals surface area contributed by atoms with Gasteiger partial charge in [0.25, 0.3) is 0 Å². The second-order valence-corrected chi connectivity index (χ2v) is 4.25. The topological polar surface area (TPSA) is 34.1 Å². The summed E-state index contributed by atoms with van der Waals surface area (Å²) in [6, 6.07) is 19.9. The molecule has 3 nitrogen and oxygen atoms in total. The highest BCUT2D eigenvalue weighted by Gasteiger charge is 1.99. The Balaban J connectivity index is 0.00000147. The largest absolute Gasteiger partial charge is 0.497 e. The number of benzene rings is 2. The van der Waals surface area contributed by atoms with Crippen molar-refractivity contribution in [3.63, 3.8) is 0 Å². The fourth-order valence-corrected chi connectivity index (χ4v) is 1.98. The molecule has 1 N–H and O–H groups in total. The first kappa shape index (κ1) is 14.2. The van der Waals surface area contributed by atoms with E-state index in [1.807, 2.05) is 48.5 Å². The van der Waals surface area contributed by atoms with Crippen molar-refractivity contribution in [1.29, 1.82) is 0 Å². The predicted molar refractivity (Wildman–Crippen MR) is 85.3 cm³/mol. The molecule has 0 amide bonds. The number of aromatic nitrogens is 1. The summed E-state index contributed by atoms with van der Waals surface area (Å²) in [4.78, 5) is 4.57. The van der Waals surface area contributed by atoms with Gasteiger partial charge in [-0.15, -0.1) is 12.4 Å². The first-order chi connectivity index (χ1) is 9.35. The Morgan fingerprint density at radius 3 is 2.65 bits per heavy atom. The van der Waals surface area contributed by atoms with Gasteiger partial charge in [0.15, 0.2) is 0 Å². The summed E-state index contributed by atoms with van der Waals surface area (Å²) in [5, 5.41) is 4.42. The summed E-state index contributed by atoms with van der Waals surface area (Å²) in [5.74, 6) is 1.65. The Kier molecular flexibility index (Phi) is 4.43. The van der Waals surface area contributed by atoms with Crippen molar-refractivity contribution in [2.24, 2.45) is 0 Å². The van der Waals surface area contributed by atoms with Gasteiger partial charge < -0.3 is 10.1 Å². The van der Waals surface area contributed by atoms with Crippen LogP contribution in [0.15, 0.2) is 60.7 Å². The minimum atomic E-state index is 0. The molecule has 1 aromatic heterocycles. The third-order valence-corrected chi connectivity index (χ3v) is 2.94. The number of nitrogens with one attached hydrogen (secondary N) is 1. The molecule has 0 radical (unpaired) electrons. The molecular formula is C16H15ClN2O. The van der Waals surface area contributed by atoms with Crippen molar-refractivity contribution in [1.82, 2.24) is 4.98 Å². The van der Waals surface area contributed by atoms with Crippen molar-refractivity contribution in [3.05, 3.63) is 60.7 Å². The molecule has 3 rings (SSSR count). The average molecular weight is 287 g/mol. The van der Waals surface area contributed by atoms with Crippen LogP contribution in [0.1, 0.15) is 0 Å². The molecule has 0 aliphatic rings. The second-order valence-electron chi connectivity index (χ2n) is 4.25. The zero-order chi connectivity index (χ0) is 13.1. The monoisotopic (exact) mass is 286 g/mol. The van der Waals surface area contributed by atoms with Crippen LogP contribution in [0.25, 0.3) is 10.9 Å². The zero-order valence-corrected chi connectivity index (χ0v) is 11.9. The predicted octanol–water partition coefficient (Wildman–Crippen LogP) is 4.41. The molecule has 0 unspecified atom stereocenters. The summed E-state index contributed by atoms with van der Waals surface area (Å²) in [6.07, 6.45) is 0. The number of rotatable bonds is 3. The molecule has 0 atom stereocenters. The maximum atomic E-state index is 5.20. The molecule has 2 aromatic carbocycles. The molecule has 0 spiro atoms. The number of anilines is 2. The zero-order valence-electron chi connectivity index (χ0n) is 11.0. The van der Waals surface area contributed by atoms with Crippen LogP contribution in [0, 0.1) is 0 Å². The van der Waals surface area contributed by atoms with E-state index >= 15 is 0 Å². The van der Waals surface area contributed by atoms with Crippen LogP contribution < -0.4 is 10.1 Å². The van der Waals surface area contributed by atoms with Crippen molar-refractivity contribution in [3.8, 4) is 5.75 Å². The van der Waals surface area contributed by atoms with E-state index in [0.29, 0.717) is 0 Å². The normalized spacial score (nSPS) is 9.85. The highest BCUT2D eigenvalue weighted by molar-refractivity contribution is 5.85. The van der Waals surface area contributed by atoms with Gasteiger partial charge in [-0.3, -0.25) is 0 Å². The first-order valence-corrected chi connectivity index (χ1v) is 6.12. The van der Waals surface area contributed by atoms with E-state index in [2.05, 4.69) is 22.4 Å². The number of nitrogens with zero attached hydrogens (tertiary/aromatic N) is 1. The summed E-state index contributed by atoms with van der Waals surface area (Å²) < 4.78 is 5.20. The highest BCUT2D eigenvalue weighted by Crippen LogP contribution is 2.21. The summed E-state index contributed by atoms with van der Waals surface area (Å²) in [7, 11) is 1.66. The Morgan fingerprint density at radius 1 is 0.950 bits per heavy atom. The Bertz CT molecular complexity index is 715. The number of halogens is 1. The number of para-hydroxylation sites is 1. The lowest BCUT2D eigenvalue weighted by atomic mass is 10.2. The van der Waals surface area contributed by atoms with Crippen molar-refractivity contribution in [2.45, 2.75) is 0 Å². The lowest BCUT2D eigenvalue weighted by molar-refractivity contribution is 0.415. The van der Waals surface area contributed by atoms with Crippen molar-refractivity contribution >= 4 is 34.8 Å². The molecule has 4 heteroatoms. The van der Waals surface area contributed by atoms with Crippen LogP contribution in [-0.2, 0) is 0 Å². The number of hydrogen-bond acceptors (Lipinski definition) is 3. The van der Waals surface area contributed by atoms with Crippen molar-refractivity contribution in [2.75, 3.05) is 12.4 Å². The van der Waals surface area contributed by atoms with Gasteiger partial charge in [0.1, 0.15) is 11.6 Å². The molecule has 0 saturated heterocycles. The van der Waals surface area contributed by atoms with Gasteiger partial charge in [-0.1, -0.05) is 24.3 Å². The minimum Gasteiger partial charge on any atom is -0.497 e. The maximum absolute atomic E-state index is 5.20. The van der Waals surface area contributed by atoms with Gasteiger partial charge in [0, 0.05) is 17.1 Å². The molecule has 0 bridgehead atoms. The van der Waals surface area contributed by atoms with Gasteiger partial charge in [-0.25, -0.2) is 4.98 Å². The van der Waals surface area contributed by atoms with E-state index in [9.17, 15) is 0 Å². The van der Waals surface area contributed by atoms with Crippen LogP contribution in [0.4, 0.5) is 11.5 Å².